The first-order chi connectivity index (χ1) is 13.2. The Morgan fingerprint density at radius 1 is 1.19 bits per heavy atom. The average Bonchev–Trinajstić information content (AvgIpc) is 3.15. The fourth-order valence-corrected chi connectivity index (χ4v) is 3.43. The summed E-state index contributed by atoms with van der Waals surface area (Å²) in [4.78, 5) is 14.9. The highest BCUT2D eigenvalue weighted by molar-refractivity contribution is 6.30. The third-order valence-corrected chi connectivity index (χ3v) is 5.00. The summed E-state index contributed by atoms with van der Waals surface area (Å²) in [5.41, 5.74) is 1.09. The van der Waals surface area contributed by atoms with Crippen LogP contribution in [-0.2, 0) is 11.3 Å². The van der Waals surface area contributed by atoms with Crippen molar-refractivity contribution in [2.75, 3.05) is 33.0 Å². The van der Waals surface area contributed by atoms with Crippen molar-refractivity contribution in [1.82, 2.24) is 10.2 Å². The Kier molecular flexibility index (Phi) is 5.48. The standard InChI is InChI=1S/C20H21ClN2O4/c21-15-2-4-16(5-3-15)25-12-18(24)17-10-22-7-8-23(17)11-14-1-6-19-20(9-14)27-13-26-19/h1-6,9,17,22H,7-8,10-13H2. The first-order valence-corrected chi connectivity index (χ1v) is 9.31. The van der Waals surface area contributed by atoms with Gasteiger partial charge in [-0.15, -0.1) is 0 Å². The highest BCUT2D eigenvalue weighted by atomic mass is 35.5. The van der Waals surface area contributed by atoms with Gasteiger partial charge in [-0.25, -0.2) is 0 Å². The Labute approximate surface area is 163 Å². The van der Waals surface area contributed by atoms with E-state index in [0.717, 1.165) is 30.2 Å². The van der Waals surface area contributed by atoms with E-state index in [1.54, 1.807) is 24.3 Å². The SMILES string of the molecule is O=C(COc1ccc(Cl)cc1)C1CNCCN1Cc1ccc2c(c1)OCO2. The number of nitrogens with one attached hydrogen (secondary N) is 1. The van der Waals surface area contributed by atoms with Gasteiger partial charge >= 0.3 is 0 Å². The average molecular weight is 389 g/mol. The van der Waals surface area contributed by atoms with Crippen molar-refractivity contribution in [2.24, 2.45) is 0 Å². The van der Waals surface area contributed by atoms with E-state index in [0.29, 0.717) is 23.9 Å². The maximum Gasteiger partial charge on any atom is 0.231 e. The molecule has 0 radical (unpaired) electrons. The van der Waals surface area contributed by atoms with E-state index in [-0.39, 0.29) is 25.2 Å². The quantitative estimate of drug-likeness (QED) is 0.820. The molecule has 2 aliphatic rings. The maximum absolute atomic E-state index is 12.7. The second-order valence-electron chi connectivity index (χ2n) is 6.59. The summed E-state index contributed by atoms with van der Waals surface area (Å²) in [7, 11) is 0. The van der Waals surface area contributed by atoms with Crippen molar-refractivity contribution in [2.45, 2.75) is 12.6 Å². The van der Waals surface area contributed by atoms with Crippen molar-refractivity contribution in [1.29, 1.82) is 0 Å². The Balaban J connectivity index is 1.39. The van der Waals surface area contributed by atoms with Gasteiger partial charge < -0.3 is 19.5 Å². The van der Waals surface area contributed by atoms with Crippen LogP contribution >= 0.6 is 11.6 Å². The molecule has 0 aliphatic carbocycles. The van der Waals surface area contributed by atoms with Gasteiger partial charge in [-0.1, -0.05) is 17.7 Å². The number of carbonyl (C=O) groups is 1. The number of ether oxygens (including phenoxy) is 3. The van der Waals surface area contributed by atoms with Gasteiger partial charge in [0.25, 0.3) is 0 Å². The molecule has 1 atom stereocenters. The van der Waals surface area contributed by atoms with Gasteiger partial charge in [0.2, 0.25) is 6.79 Å². The topological polar surface area (TPSA) is 60.0 Å². The maximum atomic E-state index is 12.7. The lowest BCUT2D eigenvalue weighted by atomic mass is 10.1. The van der Waals surface area contributed by atoms with Crippen molar-refractivity contribution in [3.05, 3.63) is 53.1 Å². The minimum Gasteiger partial charge on any atom is -0.486 e. The van der Waals surface area contributed by atoms with Crippen LogP contribution in [0.15, 0.2) is 42.5 Å². The van der Waals surface area contributed by atoms with Gasteiger partial charge in [0.15, 0.2) is 17.3 Å². The number of benzene rings is 2. The second kappa shape index (κ2) is 8.17. The van der Waals surface area contributed by atoms with Gasteiger partial charge in [0, 0.05) is 31.2 Å². The molecule has 27 heavy (non-hydrogen) atoms. The molecular weight excluding hydrogens is 368 g/mol. The van der Waals surface area contributed by atoms with Crippen LogP contribution in [0.2, 0.25) is 5.02 Å². The molecule has 0 aromatic heterocycles. The molecule has 7 heteroatoms. The first kappa shape index (κ1) is 18.1. The number of ketones is 1. The summed E-state index contributed by atoms with van der Waals surface area (Å²) in [6, 6.07) is 12.7. The number of nitrogens with zero attached hydrogens (tertiary/aromatic N) is 1. The van der Waals surface area contributed by atoms with E-state index >= 15 is 0 Å². The zero-order valence-corrected chi connectivity index (χ0v) is 15.6. The zero-order chi connectivity index (χ0) is 18.6. The van der Waals surface area contributed by atoms with Crippen LogP contribution in [0, 0.1) is 0 Å². The number of rotatable bonds is 6. The van der Waals surface area contributed by atoms with Gasteiger partial charge in [-0.2, -0.15) is 0 Å². The van der Waals surface area contributed by atoms with Crippen LogP contribution in [0.1, 0.15) is 5.56 Å². The number of Topliss-reactive ketones (excluding diaryl/α,β-unsaturated/α-hetero) is 1. The van der Waals surface area contributed by atoms with Crippen molar-refractivity contribution < 1.29 is 19.0 Å². The molecule has 2 aromatic rings. The fourth-order valence-electron chi connectivity index (χ4n) is 3.31. The predicted molar refractivity (Wildman–Crippen MR) is 102 cm³/mol. The van der Waals surface area contributed by atoms with Crippen LogP contribution in [0.3, 0.4) is 0 Å². The first-order valence-electron chi connectivity index (χ1n) is 8.93. The van der Waals surface area contributed by atoms with E-state index in [1.165, 1.54) is 0 Å². The smallest absolute Gasteiger partial charge is 0.231 e. The highest BCUT2D eigenvalue weighted by Crippen LogP contribution is 2.33. The lowest BCUT2D eigenvalue weighted by molar-refractivity contribution is -0.127. The van der Waals surface area contributed by atoms with Gasteiger partial charge in [0.05, 0.1) is 6.04 Å². The number of piperazine rings is 1. The molecule has 0 spiro atoms. The molecule has 142 valence electrons. The van der Waals surface area contributed by atoms with Crippen LogP contribution < -0.4 is 19.5 Å². The molecule has 0 amide bonds. The number of hydrogen-bond donors (Lipinski definition) is 1. The van der Waals surface area contributed by atoms with Crippen LogP contribution in [-0.4, -0.2) is 49.8 Å². The third kappa shape index (κ3) is 4.35. The van der Waals surface area contributed by atoms with E-state index in [1.807, 2.05) is 18.2 Å². The second-order valence-corrected chi connectivity index (χ2v) is 7.02. The molecule has 2 aliphatic heterocycles. The number of carbonyl (C=O) groups excluding carboxylic acids is 1. The molecular formula is C20H21ClN2O4. The lowest BCUT2D eigenvalue weighted by Crippen LogP contribution is -2.55. The highest BCUT2D eigenvalue weighted by Gasteiger charge is 2.29. The van der Waals surface area contributed by atoms with Gasteiger partial charge in [0.1, 0.15) is 12.4 Å². The Bertz CT molecular complexity index is 812. The molecule has 1 fully saturated rings. The Morgan fingerprint density at radius 2 is 2.00 bits per heavy atom. The molecule has 0 bridgehead atoms. The molecule has 1 unspecified atom stereocenters. The van der Waals surface area contributed by atoms with Gasteiger partial charge in [-0.3, -0.25) is 9.69 Å². The molecule has 6 nitrogen and oxygen atoms in total. The van der Waals surface area contributed by atoms with Crippen LogP contribution in [0.4, 0.5) is 0 Å². The summed E-state index contributed by atoms with van der Waals surface area (Å²) < 4.78 is 16.4. The summed E-state index contributed by atoms with van der Waals surface area (Å²) in [5.74, 6) is 2.22. The summed E-state index contributed by atoms with van der Waals surface area (Å²) in [6.07, 6.45) is 0. The fraction of sp³-hybridized carbons (Fsp3) is 0.350. The predicted octanol–water partition coefficient (Wildman–Crippen LogP) is 2.49. The number of fused-ring (bicyclic) bond motifs is 1. The van der Waals surface area contributed by atoms with E-state index < -0.39 is 0 Å². The van der Waals surface area contributed by atoms with E-state index in [9.17, 15) is 4.79 Å². The molecule has 2 aromatic carbocycles. The summed E-state index contributed by atoms with van der Waals surface area (Å²) in [6.45, 7) is 3.24. The normalized spacial score (nSPS) is 19.1. The van der Waals surface area contributed by atoms with Crippen LogP contribution in [0.25, 0.3) is 0 Å². The Morgan fingerprint density at radius 3 is 2.85 bits per heavy atom. The molecule has 1 saturated heterocycles. The monoisotopic (exact) mass is 388 g/mol. The molecule has 2 heterocycles. The molecule has 4 rings (SSSR count). The third-order valence-electron chi connectivity index (χ3n) is 4.74. The zero-order valence-electron chi connectivity index (χ0n) is 14.8. The van der Waals surface area contributed by atoms with Gasteiger partial charge in [-0.05, 0) is 42.0 Å². The number of halogens is 1. The number of hydrogen-bond acceptors (Lipinski definition) is 6. The van der Waals surface area contributed by atoms with Crippen LogP contribution in [0.5, 0.6) is 17.2 Å². The lowest BCUT2D eigenvalue weighted by Gasteiger charge is -2.35. The largest absolute Gasteiger partial charge is 0.486 e. The Hall–Kier alpha value is -2.28. The van der Waals surface area contributed by atoms with E-state index in [4.69, 9.17) is 25.8 Å². The minimum absolute atomic E-state index is 0.0334. The van der Waals surface area contributed by atoms with E-state index in [2.05, 4.69) is 10.2 Å². The molecule has 1 N–H and O–H groups in total. The van der Waals surface area contributed by atoms with Crippen molar-refractivity contribution in [3.8, 4) is 17.2 Å². The molecule has 0 saturated carbocycles. The van der Waals surface area contributed by atoms with Crippen molar-refractivity contribution >= 4 is 17.4 Å². The minimum atomic E-state index is -0.225. The summed E-state index contributed by atoms with van der Waals surface area (Å²) >= 11 is 5.87. The van der Waals surface area contributed by atoms with Crippen molar-refractivity contribution in [3.63, 3.8) is 0 Å². The summed E-state index contributed by atoms with van der Waals surface area (Å²) in [5, 5.41) is 3.94.